The predicted molar refractivity (Wildman–Crippen MR) is 96.1 cm³/mol. The predicted octanol–water partition coefficient (Wildman–Crippen LogP) is 2.11. The van der Waals surface area contributed by atoms with Crippen LogP contribution in [0.2, 0.25) is 0 Å². The highest BCUT2D eigenvalue weighted by atomic mass is 32.2. The van der Waals surface area contributed by atoms with Crippen molar-refractivity contribution in [3.63, 3.8) is 0 Å². The molecule has 0 saturated heterocycles. The second-order valence-corrected chi connectivity index (χ2v) is 8.84. The van der Waals surface area contributed by atoms with Crippen LogP contribution in [0.3, 0.4) is 0 Å². The van der Waals surface area contributed by atoms with E-state index in [9.17, 15) is 8.42 Å². The summed E-state index contributed by atoms with van der Waals surface area (Å²) in [4.78, 5) is 0.177. The van der Waals surface area contributed by atoms with Gasteiger partial charge in [0.15, 0.2) is 11.5 Å². The van der Waals surface area contributed by atoms with Crippen molar-refractivity contribution >= 4 is 10.0 Å². The van der Waals surface area contributed by atoms with Crippen LogP contribution in [0.15, 0.2) is 29.2 Å². The molecule has 142 valence electrons. The molecule has 0 amide bonds. The van der Waals surface area contributed by atoms with Gasteiger partial charge in [-0.05, 0) is 18.2 Å². The fourth-order valence-electron chi connectivity index (χ4n) is 3.78. The van der Waals surface area contributed by atoms with Crippen molar-refractivity contribution < 1.29 is 27.4 Å². The Morgan fingerprint density at radius 1 is 0.963 bits per heavy atom. The van der Waals surface area contributed by atoms with Crippen LogP contribution in [0.4, 0.5) is 0 Å². The number of benzene rings is 2. The maximum Gasteiger partial charge on any atom is 0.243 e. The van der Waals surface area contributed by atoms with Gasteiger partial charge in [-0.25, -0.2) is 8.42 Å². The molecule has 0 saturated carbocycles. The number of ether oxygens (including phenoxy) is 4. The van der Waals surface area contributed by atoms with E-state index in [-0.39, 0.29) is 18.2 Å². The summed E-state index contributed by atoms with van der Waals surface area (Å²) >= 11 is 0. The van der Waals surface area contributed by atoms with Gasteiger partial charge in [0, 0.05) is 49.2 Å². The first-order valence-corrected chi connectivity index (χ1v) is 10.3. The van der Waals surface area contributed by atoms with E-state index in [4.69, 9.17) is 18.9 Å². The fraction of sp³-hybridized carbons (Fsp3) is 0.368. The monoisotopic (exact) mass is 389 g/mol. The standard InChI is InChI=1S/C19H19NO6S/c1-20(27(21,22)13-2-3-16-18(9-13)26-11-25-16)10-15-14-5-7-23-17(14)8-12-4-6-24-19(12)15/h2-3,8-9H,4-7,10-11H2,1H3. The highest BCUT2D eigenvalue weighted by Gasteiger charge is 2.30. The van der Waals surface area contributed by atoms with Crippen LogP contribution in [0.25, 0.3) is 0 Å². The van der Waals surface area contributed by atoms with Gasteiger partial charge in [-0.2, -0.15) is 4.31 Å². The molecule has 0 aromatic heterocycles. The topological polar surface area (TPSA) is 74.3 Å². The van der Waals surface area contributed by atoms with Crippen LogP contribution in [-0.2, 0) is 29.4 Å². The molecule has 0 N–H and O–H groups in total. The van der Waals surface area contributed by atoms with Crippen LogP contribution in [-0.4, -0.2) is 39.8 Å². The minimum atomic E-state index is -3.69. The van der Waals surface area contributed by atoms with Gasteiger partial charge in [0.2, 0.25) is 16.8 Å². The second-order valence-electron chi connectivity index (χ2n) is 6.79. The Bertz CT molecular complexity index is 1000. The number of fused-ring (bicyclic) bond motifs is 3. The molecule has 8 heteroatoms. The third kappa shape index (κ3) is 2.62. The normalized spacial score (nSPS) is 16.8. The molecule has 0 aliphatic carbocycles. The first kappa shape index (κ1) is 16.7. The number of hydrogen-bond donors (Lipinski definition) is 0. The zero-order chi connectivity index (χ0) is 18.6. The minimum Gasteiger partial charge on any atom is -0.493 e. The summed E-state index contributed by atoms with van der Waals surface area (Å²) in [6.45, 7) is 1.56. The lowest BCUT2D eigenvalue weighted by atomic mass is 9.99. The Morgan fingerprint density at radius 3 is 2.67 bits per heavy atom. The van der Waals surface area contributed by atoms with Gasteiger partial charge < -0.3 is 18.9 Å². The van der Waals surface area contributed by atoms with Crippen molar-refractivity contribution in [3.05, 3.63) is 41.0 Å². The molecular weight excluding hydrogens is 370 g/mol. The number of nitrogens with zero attached hydrogens (tertiary/aromatic N) is 1. The largest absolute Gasteiger partial charge is 0.493 e. The molecule has 0 spiro atoms. The Hall–Kier alpha value is -2.45. The van der Waals surface area contributed by atoms with Gasteiger partial charge in [-0.15, -0.1) is 0 Å². The fourth-order valence-corrected chi connectivity index (χ4v) is 4.93. The van der Waals surface area contributed by atoms with Gasteiger partial charge in [-0.1, -0.05) is 0 Å². The molecular formula is C19H19NO6S. The van der Waals surface area contributed by atoms with Crippen LogP contribution in [0.5, 0.6) is 23.0 Å². The van der Waals surface area contributed by atoms with Crippen LogP contribution < -0.4 is 18.9 Å². The van der Waals surface area contributed by atoms with Gasteiger partial charge >= 0.3 is 0 Å². The van der Waals surface area contributed by atoms with Gasteiger partial charge in [0.1, 0.15) is 11.5 Å². The number of hydrogen-bond acceptors (Lipinski definition) is 6. The summed E-state index contributed by atoms with van der Waals surface area (Å²) in [5.41, 5.74) is 3.03. The van der Waals surface area contributed by atoms with Gasteiger partial charge in [-0.3, -0.25) is 0 Å². The summed E-state index contributed by atoms with van der Waals surface area (Å²) in [5, 5.41) is 0. The molecule has 27 heavy (non-hydrogen) atoms. The Balaban J connectivity index is 1.50. The zero-order valence-electron chi connectivity index (χ0n) is 14.9. The lowest BCUT2D eigenvalue weighted by Gasteiger charge is -2.20. The van der Waals surface area contributed by atoms with Gasteiger partial charge in [0.05, 0.1) is 18.1 Å². The van der Waals surface area contributed by atoms with E-state index in [1.165, 1.54) is 10.4 Å². The van der Waals surface area contributed by atoms with Crippen molar-refractivity contribution in [1.29, 1.82) is 0 Å². The summed E-state index contributed by atoms with van der Waals surface area (Å²) < 4.78 is 49.6. The SMILES string of the molecule is CN(Cc1c2c(cc3c1OCC3)OCC2)S(=O)(=O)c1ccc2c(c1)OCO2. The molecule has 0 atom stereocenters. The van der Waals surface area contributed by atoms with Crippen molar-refractivity contribution in [3.8, 4) is 23.0 Å². The van der Waals surface area contributed by atoms with E-state index in [2.05, 4.69) is 0 Å². The highest BCUT2D eigenvalue weighted by molar-refractivity contribution is 7.89. The van der Waals surface area contributed by atoms with Crippen LogP contribution >= 0.6 is 0 Å². The van der Waals surface area contributed by atoms with E-state index < -0.39 is 10.0 Å². The number of sulfonamides is 1. The van der Waals surface area contributed by atoms with Crippen molar-refractivity contribution in [1.82, 2.24) is 4.31 Å². The average Bonchev–Trinajstić information content (AvgIpc) is 3.40. The second kappa shape index (κ2) is 6.03. The van der Waals surface area contributed by atoms with Crippen LogP contribution in [0.1, 0.15) is 16.7 Å². The first-order chi connectivity index (χ1) is 13.0. The third-order valence-corrected chi connectivity index (χ3v) is 6.99. The molecule has 2 aromatic rings. The minimum absolute atomic E-state index is 0.105. The molecule has 2 aromatic carbocycles. The molecule has 0 radical (unpaired) electrons. The molecule has 3 heterocycles. The van der Waals surface area contributed by atoms with Gasteiger partial charge in [0.25, 0.3) is 0 Å². The molecule has 5 rings (SSSR count). The molecule has 3 aliphatic rings. The maximum atomic E-state index is 13.1. The lowest BCUT2D eigenvalue weighted by Crippen LogP contribution is -2.27. The van der Waals surface area contributed by atoms with E-state index in [1.54, 1.807) is 19.2 Å². The third-order valence-electron chi connectivity index (χ3n) is 5.19. The summed E-state index contributed by atoms with van der Waals surface area (Å²) in [7, 11) is -2.11. The smallest absolute Gasteiger partial charge is 0.243 e. The summed E-state index contributed by atoms with van der Waals surface area (Å²) in [6.07, 6.45) is 1.58. The van der Waals surface area contributed by atoms with E-state index >= 15 is 0 Å². The van der Waals surface area contributed by atoms with E-state index in [0.29, 0.717) is 24.7 Å². The Kier molecular flexibility index (Phi) is 3.73. The summed E-state index contributed by atoms with van der Waals surface area (Å²) in [6, 6.07) is 6.70. The average molecular weight is 389 g/mol. The Morgan fingerprint density at radius 2 is 1.78 bits per heavy atom. The van der Waals surface area contributed by atoms with Crippen molar-refractivity contribution in [2.75, 3.05) is 27.1 Å². The molecule has 0 fully saturated rings. The maximum absolute atomic E-state index is 13.1. The zero-order valence-corrected chi connectivity index (χ0v) is 15.7. The van der Waals surface area contributed by atoms with Crippen molar-refractivity contribution in [2.45, 2.75) is 24.3 Å². The number of rotatable bonds is 4. The molecule has 7 nitrogen and oxygen atoms in total. The highest BCUT2D eigenvalue weighted by Crippen LogP contribution is 2.42. The van der Waals surface area contributed by atoms with Crippen LogP contribution in [0, 0.1) is 0 Å². The molecule has 0 bridgehead atoms. The molecule has 3 aliphatic heterocycles. The Labute approximate surface area is 157 Å². The van der Waals surface area contributed by atoms with E-state index in [0.717, 1.165) is 41.0 Å². The van der Waals surface area contributed by atoms with E-state index in [1.807, 2.05) is 6.07 Å². The quantitative estimate of drug-likeness (QED) is 0.797. The summed E-state index contributed by atoms with van der Waals surface area (Å²) in [5.74, 6) is 2.67. The lowest BCUT2D eigenvalue weighted by molar-refractivity contribution is 0.174. The van der Waals surface area contributed by atoms with Crippen molar-refractivity contribution in [2.24, 2.45) is 0 Å². The molecule has 0 unspecified atom stereocenters. The first-order valence-electron chi connectivity index (χ1n) is 8.83.